The zero-order valence-corrected chi connectivity index (χ0v) is 9.27. The van der Waals surface area contributed by atoms with Gasteiger partial charge in [0.1, 0.15) is 11.4 Å². The number of phenols is 1. The van der Waals surface area contributed by atoms with E-state index in [1.165, 1.54) is 0 Å². The fourth-order valence-corrected chi connectivity index (χ4v) is 2.15. The number of aromatic hydroxyl groups is 1. The molecule has 0 fully saturated rings. The summed E-state index contributed by atoms with van der Waals surface area (Å²) in [6.45, 7) is 0. The van der Waals surface area contributed by atoms with E-state index in [0.717, 1.165) is 5.52 Å². The van der Waals surface area contributed by atoms with Gasteiger partial charge in [0.05, 0.1) is 0 Å². The molecule has 0 amide bonds. The average molecular weight is 242 g/mol. The summed E-state index contributed by atoms with van der Waals surface area (Å²) >= 11 is 0. The Morgan fingerprint density at radius 2 is 1.94 bits per heavy atom. The van der Waals surface area contributed by atoms with Crippen molar-refractivity contribution >= 4 is 16.9 Å². The fourth-order valence-electron chi connectivity index (χ4n) is 2.15. The molecule has 3 aromatic rings. The van der Waals surface area contributed by atoms with Gasteiger partial charge in [-0.3, -0.25) is 0 Å². The second-order valence-electron chi connectivity index (χ2n) is 3.97. The highest BCUT2D eigenvalue weighted by atomic mass is 16.4. The molecule has 90 valence electrons. The molecule has 0 saturated heterocycles. The van der Waals surface area contributed by atoms with Crippen molar-refractivity contribution in [2.45, 2.75) is 0 Å². The van der Waals surface area contributed by atoms with Gasteiger partial charge in [-0.25, -0.2) is 4.79 Å². The first kappa shape index (κ1) is 10.5. The number of nitrogens with one attached hydrogen (secondary N) is 2. The summed E-state index contributed by atoms with van der Waals surface area (Å²) in [5.41, 5.74) is 2.10. The van der Waals surface area contributed by atoms with Crippen molar-refractivity contribution in [3.8, 4) is 16.9 Å². The van der Waals surface area contributed by atoms with Crippen LogP contribution in [0.4, 0.5) is 0 Å². The summed E-state index contributed by atoms with van der Waals surface area (Å²) in [4.78, 5) is 16.8. The maximum absolute atomic E-state index is 11.1. The number of H-pyrrole nitrogens is 2. The number of hydrogen-bond acceptors (Lipinski definition) is 2. The molecular formula is C13H10N2O3. The lowest BCUT2D eigenvalue weighted by Crippen LogP contribution is -1.98. The van der Waals surface area contributed by atoms with Crippen LogP contribution in [-0.2, 0) is 0 Å². The molecule has 2 heterocycles. The van der Waals surface area contributed by atoms with Crippen LogP contribution >= 0.6 is 0 Å². The number of rotatable bonds is 2. The van der Waals surface area contributed by atoms with Crippen molar-refractivity contribution in [2.75, 3.05) is 0 Å². The minimum absolute atomic E-state index is 0.110. The molecule has 0 aliphatic rings. The molecule has 5 heteroatoms. The van der Waals surface area contributed by atoms with E-state index in [-0.39, 0.29) is 11.4 Å². The van der Waals surface area contributed by atoms with E-state index in [1.54, 1.807) is 30.6 Å². The molecular weight excluding hydrogens is 232 g/mol. The number of aromatic nitrogens is 2. The Hall–Kier alpha value is -2.69. The average Bonchev–Trinajstić information content (AvgIpc) is 2.94. The molecule has 5 nitrogen and oxygen atoms in total. The molecule has 3 rings (SSSR count). The SMILES string of the molecule is O=C(O)c1[nH]ccc1-c1c[nH]c2cccc(O)c12. The van der Waals surface area contributed by atoms with Crippen LogP contribution in [0.2, 0.25) is 0 Å². The predicted molar refractivity (Wildman–Crippen MR) is 66.7 cm³/mol. The third kappa shape index (κ3) is 1.37. The van der Waals surface area contributed by atoms with Crippen molar-refractivity contribution in [3.63, 3.8) is 0 Å². The first-order chi connectivity index (χ1) is 8.68. The van der Waals surface area contributed by atoms with Crippen LogP contribution in [0, 0.1) is 0 Å². The van der Waals surface area contributed by atoms with E-state index in [0.29, 0.717) is 16.5 Å². The normalized spacial score (nSPS) is 10.9. The van der Waals surface area contributed by atoms with Crippen molar-refractivity contribution in [3.05, 3.63) is 42.4 Å². The minimum atomic E-state index is -1.03. The zero-order valence-electron chi connectivity index (χ0n) is 9.27. The Morgan fingerprint density at radius 3 is 2.72 bits per heavy atom. The third-order valence-corrected chi connectivity index (χ3v) is 2.93. The molecule has 0 saturated carbocycles. The smallest absolute Gasteiger partial charge is 0.352 e. The Bertz CT molecular complexity index is 740. The van der Waals surface area contributed by atoms with E-state index in [4.69, 9.17) is 5.11 Å². The van der Waals surface area contributed by atoms with Gasteiger partial charge >= 0.3 is 5.97 Å². The molecule has 1 aromatic carbocycles. The summed E-state index contributed by atoms with van der Waals surface area (Å²) in [5.74, 6) is -0.902. The quantitative estimate of drug-likeness (QED) is 0.556. The van der Waals surface area contributed by atoms with Crippen molar-refractivity contribution in [1.29, 1.82) is 0 Å². The summed E-state index contributed by atoms with van der Waals surface area (Å²) in [5, 5.41) is 19.6. The fraction of sp³-hybridized carbons (Fsp3) is 0. The second-order valence-corrected chi connectivity index (χ2v) is 3.97. The van der Waals surface area contributed by atoms with Gasteiger partial charge in [0, 0.05) is 34.4 Å². The Kier molecular flexibility index (Phi) is 2.13. The lowest BCUT2D eigenvalue weighted by atomic mass is 10.0. The molecule has 2 aromatic heterocycles. The van der Waals surface area contributed by atoms with Crippen molar-refractivity contribution in [2.24, 2.45) is 0 Å². The van der Waals surface area contributed by atoms with Crippen LogP contribution < -0.4 is 0 Å². The van der Waals surface area contributed by atoms with E-state index in [9.17, 15) is 9.90 Å². The Morgan fingerprint density at radius 1 is 1.11 bits per heavy atom. The van der Waals surface area contributed by atoms with E-state index in [2.05, 4.69) is 9.97 Å². The maximum Gasteiger partial charge on any atom is 0.352 e. The number of carboxylic acids is 1. The highest BCUT2D eigenvalue weighted by Gasteiger charge is 2.17. The second kappa shape index (κ2) is 3.66. The van der Waals surface area contributed by atoms with Gasteiger partial charge in [-0.2, -0.15) is 0 Å². The van der Waals surface area contributed by atoms with E-state index >= 15 is 0 Å². The summed E-state index contributed by atoms with van der Waals surface area (Å²) in [7, 11) is 0. The van der Waals surface area contributed by atoms with Gasteiger partial charge in [0.2, 0.25) is 0 Å². The number of aromatic carboxylic acids is 1. The van der Waals surface area contributed by atoms with Crippen molar-refractivity contribution in [1.82, 2.24) is 9.97 Å². The van der Waals surface area contributed by atoms with Gasteiger partial charge < -0.3 is 20.2 Å². The predicted octanol–water partition coefficient (Wildman–Crippen LogP) is 2.57. The molecule has 18 heavy (non-hydrogen) atoms. The van der Waals surface area contributed by atoms with Crippen LogP contribution in [0.15, 0.2) is 36.7 Å². The first-order valence-electron chi connectivity index (χ1n) is 5.38. The Balaban J connectivity index is 2.32. The minimum Gasteiger partial charge on any atom is -0.507 e. The van der Waals surface area contributed by atoms with Gasteiger partial charge in [-0.05, 0) is 18.2 Å². The van der Waals surface area contributed by atoms with Crippen LogP contribution in [0.3, 0.4) is 0 Å². The number of phenolic OH excluding ortho intramolecular Hbond substituents is 1. The Labute approximate surface area is 102 Å². The summed E-state index contributed by atoms with van der Waals surface area (Å²) in [6.07, 6.45) is 3.26. The number of carboxylic acid groups (broad SMARTS) is 1. The van der Waals surface area contributed by atoms with Gasteiger partial charge in [-0.1, -0.05) is 6.07 Å². The van der Waals surface area contributed by atoms with Crippen LogP contribution in [0.1, 0.15) is 10.5 Å². The summed E-state index contributed by atoms with van der Waals surface area (Å²) < 4.78 is 0. The third-order valence-electron chi connectivity index (χ3n) is 2.93. The molecule has 0 bridgehead atoms. The number of hydrogen-bond donors (Lipinski definition) is 4. The van der Waals surface area contributed by atoms with E-state index < -0.39 is 5.97 Å². The van der Waals surface area contributed by atoms with E-state index in [1.807, 2.05) is 6.07 Å². The molecule has 0 unspecified atom stereocenters. The summed E-state index contributed by atoms with van der Waals surface area (Å²) in [6, 6.07) is 6.81. The molecule has 4 N–H and O–H groups in total. The zero-order chi connectivity index (χ0) is 12.7. The van der Waals surface area contributed by atoms with Crippen LogP contribution in [-0.4, -0.2) is 26.2 Å². The van der Waals surface area contributed by atoms with Gasteiger partial charge in [-0.15, -0.1) is 0 Å². The number of carbonyl (C=O) groups is 1. The number of benzene rings is 1. The van der Waals surface area contributed by atoms with Gasteiger partial charge in [0.25, 0.3) is 0 Å². The molecule has 0 atom stereocenters. The monoisotopic (exact) mass is 242 g/mol. The lowest BCUT2D eigenvalue weighted by molar-refractivity contribution is 0.0692. The molecule has 0 spiro atoms. The van der Waals surface area contributed by atoms with Crippen molar-refractivity contribution < 1.29 is 15.0 Å². The van der Waals surface area contributed by atoms with Crippen LogP contribution in [0.25, 0.3) is 22.0 Å². The number of fused-ring (bicyclic) bond motifs is 1. The molecule has 0 radical (unpaired) electrons. The highest BCUT2D eigenvalue weighted by Crippen LogP contribution is 2.35. The lowest BCUT2D eigenvalue weighted by Gasteiger charge is -2.00. The molecule has 0 aliphatic heterocycles. The first-order valence-corrected chi connectivity index (χ1v) is 5.38. The standard InChI is InChI=1S/C13H10N2O3/c16-10-3-1-2-9-11(10)8(6-15-9)7-4-5-14-12(7)13(17)18/h1-6,14-16H,(H,17,18). The topological polar surface area (TPSA) is 89.1 Å². The largest absolute Gasteiger partial charge is 0.507 e. The molecule has 0 aliphatic carbocycles. The number of aromatic amines is 2. The maximum atomic E-state index is 11.1. The van der Waals surface area contributed by atoms with Gasteiger partial charge in [0.15, 0.2) is 0 Å². The van der Waals surface area contributed by atoms with Crippen LogP contribution in [0.5, 0.6) is 5.75 Å². The highest BCUT2D eigenvalue weighted by molar-refractivity contribution is 6.04.